The maximum atomic E-state index is 13.9. The molecule has 216 valence electrons. The summed E-state index contributed by atoms with van der Waals surface area (Å²) in [5, 5.41) is 7.71. The SMILES string of the molecule is CC(=O)Nc1ccc(N2C(=O)CC(N(CCc3ccc(S(N)(=O)=O)cc3)S(=O)(=O)c3cc(Cl)ccc3Cl)C2=O)cc1. The van der Waals surface area contributed by atoms with Gasteiger partial charge in [0.05, 0.1) is 22.0 Å². The van der Waals surface area contributed by atoms with E-state index in [0.717, 1.165) is 15.3 Å². The van der Waals surface area contributed by atoms with E-state index < -0.39 is 44.3 Å². The Morgan fingerprint density at radius 2 is 1.63 bits per heavy atom. The van der Waals surface area contributed by atoms with Crippen LogP contribution in [0.15, 0.2) is 76.5 Å². The molecule has 15 heteroatoms. The number of imide groups is 1. The summed E-state index contributed by atoms with van der Waals surface area (Å²) in [6, 6.07) is 13.9. The highest BCUT2D eigenvalue weighted by Crippen LogP contribution is 2.33. The molecule has 0 aliphatic carbocycles. The Balaban J connectivity index is 1.69. The molecule has 1 aliphatic heterocycles. The number of halogens is 2. The first-order valence-electron chi connectivity index (χ1n) is 12.0. The van der Waals surface area contributed by atoms with Crippen molar-refractivity contribution in [1.82, 2.24) is 4.31 Å². The van der Waals surface area contributed by atoms with Crippen LogP contribution >= 0.6 is 23.2 Å². The van der Waals surface area contributed by atoms with Gasteiger partial charge >= 0.3 is 0 Å². The molecule has 0 spiro atoms. The lowest BCUT2D eigenvalue weighted by molar-refractivity contribution is -0.122. The third kappa shape index (κ3) is 6.77. The molecule has 3 N–H and O–H groups in total. The molecule has 0 aromatic heterocycles. The van der Waals surface area contributed by atoms with E-state index in [1.807, 2.05) is 0 Å². The van der Waals surface area contributed by atoms with Crippen LogP contribution in [0.2, 0.25) is 10.0 Å². The van der Waals surface area contributed by atoms with Crippen molar-refractivity contribution in [1.29, 1.82) is 0 Å². The van der Waals surface area contributed by atoms with Gasteiger partial charge in [-0.25, -0.2) is 26.9 Å². The molecular formula is C26H24Cl2N4O7S2. The lowest BCUT2D eigenvalue weighted by Gasteiger charge is -2.27. The number of rotatable bonds is 9. The lowest BCUT2D eigenvalue weighted by atomic mass is 10.1. The number of nitrogens with zero attached hydrogens (tertiary/aromatic N) is 2. The molecule has 1 heterocycles. The van der Waals surface area contributed by atoms with Gasteiger partial charge in [-0.15, -0.1) is 0 Å². The first kappa shape index (κ1) is 30.6. The van der Waals surface area contributed by atoms with Crippen LogP contribution in [0.3, 0.4) is 0 Å². The number of primary sulfonamides is 1. The summed E-state index contributed by atoms with van der Waals surface area (Å²) >= 11 is 12.3. The lowest BCUT2D eigenvalue weighted by Crippen LogP contribution is -2.46. The fraction of sp³-hybridized carbons (Fsp3) is 0.192. The maximum Gasteiger partial charge on any atom is 0.252 e. The third-order valence-corrected chi connectivity index (χ3v) is 9.82. The van der Waals surface area contributed by atoms with Crippen LogP contribution in [0.4, 0.5) is 11.4 Å². The Morgan fingerprint density at radius 3 is 2.22 bits per heavy atom. The van der Waals surface area contributed by atoms with Gasteiger partial charge in [0.2, 0.25) is 31.9 Å². The highest BCUT2D eigenvalue weighted by molar-refractivity contribution is 7.89. The Bertz CT molecular complexity index is 1730. The number of amides is 3. The number of carbonyl (C=O) groups is 3. The summed E-state index contributed by atoms with van der Waals surface area (Å²) in [5.74, 6) is -1.69. The van der Waals surface area contributed by atoms with E-state index in [9.17, 15) is 31.2 Å². The standard InChI is InChI=1S/C26H24Cl2N4O7S2/c1-16(33)30-19-5-7-20(8-6-19)32-25(34)15-23(26(32)35)31(41(38,39)24-14-18(27)4-11-22(24)28)13-12-17-2-9-21(10-3-17)40(29,36)37/h2-11,14,23H,12-13,15H2,1H3,(H,30,33)(H2,29,36,37). The number of benzene rings is 3. The van der Waals surface area contributed by atoms with Crippen molar-refractivity contribution in [2.24, 2.45) is 5.14 Å². The molecule has 11 nitrogen and oxygen atoms in total. The molecular weight excluding hydrogens is 615 g/mol. The highest BCUT2D eigenvalue weighted by atomic mass is 35.5. The molecule has 4 rings (SSSR count). The van der Waals surface area contributed by atoms with E-state index in [-0.39, 0.29) is 44.4 Å². The van der Waals surface area contributed by atoms with Gasteiger partial charge in [-0.05, 0) is 66.6 Å². The second kappa shape index (κ2) is 11.9. The van der Waals surface area contributed by atoms with Crippen LogP contribution in [0, 0.1) is 0 Å². The first-order valence-corrected chi connectivity index (χ1v) is 15.8. The quantitative estimate of drug-likeness (QED) is 0.340. The molecule has 1 unspecified atom stereocenters. The van der Waals surface area contributed by atoms with Crippen LogP contribution in [0.25, 0.3) is 0 Å². The van der Waals surface area contributed by atoms with Gasteiger partial charge in [0.25, 0.3) is 5.91 Å². The second-order valence-electron chi connectivity index (χ2n) is 9.14. The number of hydrogen-bond donors (Lipinski definition) is 2. The number of hydrogen-bond acceptors (Lipinski definition) is 7. The molecule has 3 aromatic rings. The molecule has 0 bridgehead atoms. The van der Waals surface area contributed by atoms with Gasteiger partial charge in [-0.1, -0.05) is 35.3 Å². The second-order valence-corrected chi connectivity index (χ2v) is 13.4. The molecule has 1 fully saturated rings. The summed E-state index contributed by atoms with van der Waals surface area (Å²) in [5.41, 5.74) is 1.20. The fourth-order valence-electron chi connectivity index (χ4n) is 4.34. The largest absolute Gasteiger partial charge is 0.326 e. The Labute approximate surface area is 246 Å². The van der Waals surface area contributed by atoms with Crippen LogP contribution < -0.4 is 15.4 Å². The van der Waals surface area contributed by atoms with Gasteiger partial charge < -0.3 is 5.32 Å². The van der Waals surface area contributed by atoms with E-state index in [4.69, 9.17) is 28.3 Å². The topological polar surface area (TPSA) is 164 Å². The highest BCUT2D eigenvalue weighted by Gasteiger charge is 2.47. The maximum absolute atomic E-state index is 13.9. The minimum absolute atomic E-state index is 0.0612. The molecule has 1 aliphatic rings. The predicted octanol–water partition coefficient (Wildman–Crippen LogP) is 3.16. The van der Waals surface area contributed by atoms with E-state index in [1.165, 1.54) is 67.6 Å². The van der Waals surface area contributed by atoms with E-state index >= 15 is 0 Å². The molecule has 0 saturated carbocycles. The van der Waals surface area contributed by atoms with Gasteiger partial charge in [0.1, 0.15) is 10.9 Å². The summed E-state index contributed by atoms with van der Waals surface area (Å²) in [4.78, 5) is 38.4. The van der Waals surface area contributed by atoms with Crippen LogP contribution in [-0.2, 0) is 40.9 Å². The monoisotopic (exact) mass is 638 g/mol. The van der Waals surface area contributed by atoms with Crippen molar-refractivity contribution < 1.29 is 31.2 Å². The number of carbonyl (C=O) groups excluding carboxylic acids is 3. The molecule has 1 atom stereocenters. The van der Waals surface area contributed by atoms with Gasteiger partial charge in [0.15, 0.2) is 0 Å². The number of nitrogens with one attached hydrogen (secondary N) is 1. The Hall–Kier alpha value is -3.33. The van der Waals surface area contributed by atoms with Crippen LogP contribution in [0.1, 0.15) is 18.9 Å². The Kier molecular flexibility index (Phi) is 8.87. The van der Waals surface area contributed by atoms with Crippen LogP contribution in [-0.4, -0.2) is 51.4 Å². The molecule has 41 heavy (non-hydrogen) atoms. The fourth-order valence-corrected chi connectivity index (χ4v) is 7.18. The van der Waals surface area contributed by atoms with Crippen molar-refractivity contribution >= 4 is 72.3 Å². The van der Waals surface area contributed by atoms with E-state index in [0.29, 0.717) is 11.3 Å². The Morgan fingerprint density at radius 1 is 1.00 bits per heavy atom. The summed E-state index contributed by atoms with van der Waals surface area (Å²) in [6.45, 7) is 1.08. The third-order valence-electron chi connectivity index (χ3n) is 6.27. The van der Waals surface area contributed by atoms with Crippen molar-refractivity contribution in [3.05, 3.63) is 82.3 Å². The smallest absolute Gasteiger partial charge is 0.252 e. The zero-order chi connectivity index (χ0) is 30.1. The first-order chi connectivity index (χ1) is 19.2. The minimum Gasteiger partial charge on any atom is -0.326 e. The predicted molar refractivity (Wildman–Crippen MR) is 154 cm³/mol. The van der Waals surface area contributed by atoms with E-state index in [2.05, 4.69) is 5.32 Å². The molecule has 0 radical (unpaired) electrons. The normalized spacial score (nSPS) is 15.9. The number of sulfonamides is 2. The van der Waals surface area contributed by atoms with E-state index in [1.54, 1.807) is 0 Å². The molecule has 3 amide bonds. The van der Waals surface area contributed by atoms with Gasteiger partial charge in [-0.2, -0.15) is 4.31 Å². The number of nitrogens with two attached hydrogens (primary N) is 1. The average Bonchev–Trinajstić information content (AvgIpc) is 3.18. The van der Waals surface area contributed by atoms with Gasteiger partial charge in [0, 0.05) is 24.2 Å². The van der Waals surface area contributed by atoms with Crippen LogP contribution in [0.5, 0.6) is 0 Å². The molecule has 3 aromatic carbocycles. The summed E-state index contributed by atoms with van der Waals surface area (Å²) < 4.78 is 51.9. The summed E-state index contributed by atoms with van der Waals surface area (Å²) in [6.07, 6.45) is -0.375. The molecule has 1 saturated heterocycles. The number of anilines is 2. The van der Waals surface area contributed by atoms with Crippen molar-refractivity contribution in [2.75, 3.05) is 16.8 Å². The van der Waals surface area contributed by atoms with Gasteiger partial charge in [-0.3, -0.25) is 14.4 Å². The summed E-state index contributed by atoms with van der Waals surface area (Å²) in [7, 11) is -8.40. The van der Waals surface area contributed by atoms with Crippen molar-refractivity contribution in [2.45, 2.75) is 35.6 Å². The minimum atomic E-state index is -4.47. The zero-order valence-electron chi connectivity index (χ0n) is 21.5. The van der Waals surface area contributed by atoms with Crippen molar-refractivity contribution in [3.63, 3.8) is 0 Å². The zero-order valence-corrected chi connectivity index (χ0v) is 24.6. The van der Waals surface area contributed by atoms with Crippen molar-refractivity contribution in [3.8, 4) is 0 Å². The average molecular weight is 640 g/mol.